The zero-order valence-corrected chi connectivity index (χ0v) is 5.65. The van der Waals surface area contributed by atoms with E-state index in [1.54, 1.807) is 0 Å². The van der Waals surface area contributed by atoms with Gasteiger partial charge in [-0.1, -0.05) is 0 Å². The van der Waals surface area contributed by atoms with Gasteiger partial charge in [-0.25, -0.2) is 0 Å². The SMILES string of the molecule is [Mo].[O]=[Mn](=[O])(=[O])[OH]. The molecule has 0 unspecified atom stereocenters. The van der Waals surface area contributed by atoms with Crippen LogP contribution < -0.4 is 0 Å². The third-order valence-corrected chi connectivity index (χ3v) is 0. The molecule has 38 valence electrons. The van der Waals surface area contributed by atoms with Gasteiger partial charge >= 0.3 is 28.7 Å². The summed E-state index contributed by atoms with van der Waals surface area (Å²) in [5.41, 5.74) is 0. The summed E-state index contributed by atoms with van der Waals surface area (Å²) in [5, 5.41) is 0. The van der Waals surface area contributed by atoms with E-state index >= 15 is 0 Å². The van der Waals surface area contributed by atoms with Gasteiger partial charge in [0.25, 0.3) is 0 Å². The van der Waals surface area contributed by atoms with Crippen molar-refractivity contribution in [3.8, 4) is 0 Å². The quantitative estimate of drug-likeness (QED) is 0.531. The van der Waals surface area contributed by atoms with Crippen molar-refractivity contribution in [2.45, 2.75) is 0 Å². The molecule has 0 heterocycles. The van der Waals surface area contributed by atoms with Crippen LogP contribution in [0.1, 0.15) is 0 Å². The molecule has 0 bridgehead atoms. The van der Waals surface area contributed by atoms with Crippen molar-refractivity contribution in [1.82, 2.24) is 0 Å². The molecule has 0 atom stereocenters. The van der Waals surface area contributed by atoms with Crippen molar-refractivity contribution in [1.29, 1.82) is 0 Å². The average molecular weight is 216 g/mol. The average Bonchev–Trinajstić information content (AvgIpc) is 0.722. The Hall–Kier alpha value is 0.568. The summed E-state index contributed by atoms with van der Waals surface area (Å²) in [6, 6.07) is 0. The van der Waals surface area contributed by atoms with Crippen LogP contribution in [-0.2, 0) is 45.5 Å². The summed E-state index contributed by atoms with van der Waals surface area (Å²) in [6.45, 7) is 0. The van der Waals surface area contributed by atoms with E-state index in [2.05, 4.69) is 0 Å². The second-order valence-electron chi connectivity index (χ2n) is 0.396. The van der Waals surface area contributed by atoms with Crippen LogP contribution in [0.15, 0.2) is 0 Å². The summed E-state index contributed by atoms with van der Waals surface area (Å²) in [7, 11) is 0. The van der Waals surface area contributed by atoms with Crippen molar-refractivity contribution in [3.05, 3.63) is 0 Å². The van der Waals surface area contributed by atoms with Crippen molar-refractivity contribution < 1.29 is 49.7 Å². The maximum absolute atomic E-state index is 8.69. The summed E-state index contributed by atoms with van der Waals surface area (Å²) in [6.07, 6.45) is 0. The van der Waals surface area contributed by atoms with E-state index in [1.807, 2.05) is 0 Å². The molecule has 6 heteroatoms. The van der Waals surface area contributed by atoms with E-state index in [0.29, 0.717) is 0 Å². The molecule has 0 fully saturated rings. The van der Waals surface area contributed by atoms with Gasteiger partial charge in [0.2, 0.25) is 0 Å². The third kappa shape index (κ3) is 180. The Kier molecular flexibility index (Phi) is 4.38. The molecule has 0 aromatic carbocycles. The van der Waals surface area contributed by atoms with E-state index < -0.39 is 13.0 Å². The Morgan fingerprint density at radius 2 is 1.17 bits per heavy atom. The summed E-state index contributed by atoms with van der Waals surface area (Å²) < 4.78 is 33.1. The van der Waals surface area contributed by atoms with Gasteiger partial charge in [-0.05, 0) is 0 Å². The van der Waals surface area contributed by atoms with Gasteiger partial charge in [0.05, 0.1) is 0 Å². The van der Waals surface area contributed by atoms with E-state index in [4.69, 9.17) is 15.7 Å². The zero-order valence-electron chi connectivity index (χ0n) is 2.46. The first-order valence-electron chi connectivity index (χ1n) is 0.632. The molecule has 0 saturated heterocycles. The Labute approximate surface area is 50.0 Å². The molecule has 0 saturated carbocycles. The van der Waals surface area contributed by atoms with Crippen LogP contribution in [0.5, 0.6) is 0 Å². The Morgan fingerprint density at radius 1 is 1.17 bits per heavy atom. The van der Waals surface area contributed by atoms with Crippen molar-refractivity contribution in [3.63, 3.8) is 0 Å². The summed E-state index contributed by atoms with van der Waals surface area (Å²) in [4.78, 5) is 0. The van der Waals surface area contributed by atoms with Crippen LogP contribution >= 0.6 is 0 Å². The van der Waals surface area contributed by atoms with E-state index in [9.17, 15) is 0 Å². The van der Waals surface area contributed by atoms with Gasteiger partial charge in [0.1, 0.15) is 0 Å². The Balaban J connectivity index is 0. The molecule has 0 aromatic rings. The first kappa shape index (κ1) is 9.76. The minimum absolute atomic E-state index is 0. The van der Waals surface area contributed by atoms with Crippen LogP contribution in [0.25, 0.3) is 0 Å². The van der Waals surface area contributed by atoms with E-state index in [-0.39, 0.29) is 21.1 Å². The molecule has 0 amide bonds. The van der Waals surface area contributed by atoms with Crippen LogP contribution in [0, 0.1) is 0 Å². The molecule has 0 radical (unpaired) electrons. The molecule has 0 aliphatic rings. The fourth-order valence-corrected chi connectivity index (χ4v) is 0. The second-order valence-corrected chi connectivity index (χ2v) is 1.63. The molecular formula is HMnMoO4. The van der Waals surface area contributed by atoms with Crippen LogP contribution in [-0.4, -0.2) is 4.19 Å². The first-order valence-corrected chi connectivity index (χ1v) is 2.61. The van der Waals surface area contributed by atoms with Crippen LogP contribution in [0.2, 0.25) is 0 Å². The number of rotatable bonds is 0. The molecule has 0 rings (SSSR count). The minimum atomic E-state index is -5.38. The monoisotopic (exact) mass is 218 g/mol. The maximum atomic E-state index is 8.69. The van der Waals surface area contributed by atoms with Crippen molar-refractivity contribution in [2.24, 2.45) is 0 Å². The molecule has 6 heavy (non-hydrogen) atoms. The topological polar surface area (TPSA) is 71.4 Å². The van der Waals surface area contributed by atoms with E-state index in [0.717, 1.165) is 0 Å². The standard InChI is InChI=1S/Mn.Mo.H2O.3O/h;;1H2;;;/q+1;;;;;/p-1. The predicted molar refractivity (Wildman–Crippen MR) is 4.28 cm³/mol. The third-order valence-electron chi connectivity index (χ3n) is 0. The molecule has 4 nitrogen and oxygen atoms in total. The Morgan fingerprint density at radius 3 is 1.17 bits per heavy atom. The molecule has 0 aliphatic heterocycles. The van der Waals surface area contributed by atoms with Crippen molar-refractivity contribution in [2.75, 3.05) is 0 Å². The van der Waals surface area contributed by atoms with Crippen LogP contribution in [0.3, 0.4) is 0 Å². The van der Waals surface area contributed by atoms with Crippen molar-refractivity contribution >= 4 is 0 Å². The van der Waals surface area contributed by atoms with Gasteiger partial charge in [0.15, 0.2) is 0 Å². The van der Waals surface area contributed by atoms with Gasteiger partial charge in [-0.2, -0.15) is 0 Å². The number of hydrogen-bond acceptors (Lipinski definition) is 3. The molecule has 0 spiro atoms. The van der Waals surface area contributed by atoms with Gasteiger partial charge in [-0.3, -0.25) is 0 Å². The molecule has 0 aliphatic carbocycles. The Bertz CT molecular complexity index is 129. The zero-order chi connectivity index (χ0) is 4.50. The number of hydrogen-bond donors (Lipinski definition) is 1. The normalized spacial score (nSPS) is 9.50. The molecule has 1 N–H and O–H groups in total. The fraction of sp³-hybridized carbons (Fsp3) is 0. The fourth-order valence-electron chi connectivity index (χ4n) is 0. The predicted octanol–water partition coefficient (Wildman–Crippen LogP) is -0.918. The summed E-state index contributed by atoms with van der Waals surface area (Å²) >= 11 is -5.38. The van der Waals surface area contributed by atoms with Gasteiger partial charge in [0, 0.05) is 21.1 Å². The second kappa shape index (κ2) is 2.69. The molecular weight excluding hydrogens is 215 g/mol. The van der Waals surface area contributed by atoms with E-state index in [1.165, 1.54) is 0 Å². The van der Waals surface area contributed by atoms with Gasteiger partial charge < -0.3 is 0 Å². The molecule has 0 aromatic heterocycles. The first-order chi connectivity index (χ1) is 2.00. The van der Waals surface area contributed by atoms with Gasteiger partial charge in [-0.15, -0.1) is 0 Å². The summed E-state index contributed by atoms with van der Waals surface area (Å²) in [5.74, 6) is 0. The van der Waals surface area contributed by atoms with Crippen LogP contribution in [0.4, 0.5) is 0 Å².